The number of benzene rings is 2. The lowest BCUT2D eigenvalue weighted by Gasteiger charge is -2.10. The van der Waals surface area contributed by atoms with Crippen LogP contribution in [0, 0.1) is 0 Å². The smallest absolute Gasteiger partial charge is 0.224 e. The van der Waals surface area contributed by atoms with E-state index in [2.05, 4.69) is 10.6 Å². The number of rotatable bonds is 7. The van der Waals surface area contributed by atoms with Crippen molar-refractivity contribution in [3.63, 3.8) is 0 Å². The van der Waals surface area contributed by atoms with Gasteiger partial charge in [0.25, 0.3) is 0 Å². The Kier molecular flexibility index (Phi) is 6.50. The van der Waals surface area contributed by atoms with E-state index in [1.165, 1.54) is 0 Å². The van der Waals surface area contributed by atoms with Crippen LogP contribution in [0.25, 0.3) is 11.3 Å². The van der Waals surface area contributed by atoms with Gasteiger partial charge in [0.1, 0.15) is 11.5 Å². The summed E-state index contributed by atoms with van der Waals surface area (Å²) >= 11 is 6.15. The monoisotopic (exact) mass is 396 g/mol. The summed E-state index contributed by atoms with van der Waals surface area (Å²) in [6.45, 7) is 1.77. The number of nitrogens with one attached hydrogen (secondary N) is 2. The lowest BCUT2D eigenvalue weighted by Crippen LogP contribution is -2.14. The molecule has 0 spiro atoms. The van der Waals surface area contributed by atoms with Gasteiger partial charge >= 0.3 is 0 Å². The zero-order chi connectivity index (χ0) is 19.9. The number of aryl methyl sites for hydroxylation is 1. The van der Waals surface area contributed by atoms with E-state index in [0.29, 0.717) is 29.2 Å². The van der Waals surface area contributed by atoms with E-state index in [-0.39, 0.29) is 18.2 Å². The van der Waals surface area contributed by atoms with Gasteiger partial charge in [-0.1, -0.05) is 48.9 Å². The summed E-state index contributed by atoms with van der Waals surface area (Å²) in [6.07, 6.45) is 1.10. The highest BCUT2D eigenvalue weighted by atomic mass is 35.5. The third kappa shape index (κ3) is 5.24. The molecule has 0 aliphatic rings. The quantitative estimate of drug-likeness (QED) is 0.552. The second kappa shape index (κ2) is 9.24. The highest BCUT2D eigenvalue weighted by Gasteiger charge is 2.10. The third-order valence-electron chi connectivity index (χ3n) is 4.16. The fraction of sp³-hybridized carbons (Fsp3) is 0.182. The predicted octanol–water partition coefficient (Wildman–Crippen LogP) is 5.52. The molecule has 1 heterocycles. The van der Waals surface area contributed by atoms with Crippen LogP contribution in [0.3, 0.4) is 0 Å². The zero-order valence-electron chi connectivity index (χ0n) is 15.5. The lowest BCUT2D eigenvalue weighted by molar-refractivity contribution is -0.116. The van der Waals surface area contributed by atoms with E-state index in [1.807, 2.05) is 42.5 Å². The molecule has 6 heteroatoms. The van der Waals surface area contributed by atoms with Crippen molar-refractivity contribution < 1.29 is 14.0 Å². The Bertz CT molecular complexity index is 967. The fourth-order valence-corrected chi connectivity index (χ4v) is 2.83. The molecular formula is C22H21ClN2O3. The molecule has 3 aromatic rings. The van der Waals surface area contributed by atoms with Crippen molar-refractivity contribution >= 4 is 34.8 Å². The van der Waals surface area contributed by atoms with E-state index >= 15 is 0 Å². The molecule has 0 unspecified atom stereocenters. The van der Waals surface area contributed by atoms with Crippen LogP contribution < -0.4 is 10.6 Å². The summed E-state index contributed by atoms with van der Waals surface area (Å²) in [4.78, 5) is 23.8. The maximum absolute atomic E-state index is 12.3. The number of anilines is 2. The summed E-state index contributed by atoms with van der Waals surface area (Å²) < 4.78 is 5.82. The van der Waals surface area contributed by atoms with Gasteiger partial charge in [-0.25, -0.2) is 0 Å². The van der Waals surface area contributed by atoms with Gasteiger partial charge in [0.15, 0.2) is 0 Å². The van der Waals surface area contributed by atoms with Crippen LogP contribution in [0.2, 0.25) is 5.02 Å². The van der Waals surface area contributed by atoms with Gasteiger partial charge < -0.3 is 15.1 Å². The average Bonchev–Trinajstić information content (AvgIpc) is 3.18. The van der Waals surface area contributed by atoms with Crippen LogP contribution in [0.15, 0.2) is 65.1 Å². The van der Waals surface area contributed by atoms with E-state index in [9.17, 15) is 9.59 Å². The Morgan fingerprint density at radius 1 is 0.964 bits per heavy atom. The number of hydrogen-bond donors (Lipinski definition) is 2. The van der Waals surface area contributed by atoms with Crippen molar-refractivity contribution in [2.75, 3.05) is 10.6 Å². The second-order valence-electron chi connectivity index (χ2n) is 6.28. The van der Waals surface area contributed by atoms with Crippen LogP contribution >= 0.6 is 11.6 Å². The first-order chi connectivity index (χ1) is 13.5. The van der Waals surface area contributed by atoms with Gasteiger partial charge in [-0.05, 0) is 30.3 Å². The standard InChI is InChI=1S/C22H21ClN2O3/c1-2-21(26)24-16-8-11-18(23)19(14-16)25-22(27)13-10-17-9-12-20(28-17)15-6-4-3-5-7-15/h3-9,11-12,14H,2,10,13H2,1H3,(H,24,26)(H,25,27). The molecule has 28 heavy (non-hydrogen) atoms. The van der Waals surface area contributed by atoms with Gasteiger partial charge in [-0.3, -0.25) is 9.59 Å². The molecule has 0 bridgehead atoms. The summed E-state index contributed by atoms with van der Waals surface area (Å²) in [5, 5.41) is 5.94. The molecule has 0 saturated heterocycles. The first-order valence-corrected chi connectivity index (χ1v) is 9.46. The van der Waals surface area contributed by atoms with Gasteiger partial charge in [-0.2, -0.15) is 0 Å². The molecular weight excluding hydrogens is 376 g/mol. The van der Waals surface area contributed by atoms with Crippen molar-refractivity contribution in [1.82, 2.24) is 0 Å². The van der Waals surface area contributed by atoms with Crippen molar-refractivity contribution in [1.29, 1.82) is 0 Å². The van der Waals surface area contributed by atoms with Crippen molar-refractivity contribution in [2.45, 2.75) is 26.2 Å². The highest BCUT2D eigenvalue weighted by molar-refractivity contribution is 6.33. The van der Waals surface area contributed by atoms with Crippen molar-refractivity contribution in [2.24, 2.45) is 0 Å². The topological polar surface area (TPSA) is 71.3 Å². The molecule has 5 nitrogen and oxygen atoms in total. The molecule has 0 atom stereocenters. The zero-order valence-corrected chi connectivity index (χ0v) is 16.3. The SMILES string of the molecule is CCC(=O)Nc1ccc(Cl)c(NC(=O)CCc2ccc(-c3ccccc3)o2)c1. The van der Waals surface area contributed by atoms with E-state index in [0.717, 1.165) is 17.1 Å². The van der Waals surface area contributed by atoms with Crippen LogP contribution in [0.1, 0.15) is 25.5 Å². The van der Waals surface area contributed by atoms with Gasteiger partial charge in [0.05, 0.1) is 10.7 Å². The van der Waals surface area contributed by atoms with Gasteiger partial charge in [0, 0.05) is 30.5 Å². The predicted molar refractivity (Wildman–Crippen MR) is 111 cm³/mol. The number of hydrogen-bond acceptors (Lipinski definition) is 3. The molecule has 0 radical (unpaired) electrons. The molecule has 0 aliphatic carbocycles. The average molecular weight is 397 g/mol. The Morgan fingerprint density at radius 3 is 2.50 bits per heavy atom. The fourth-order valence-electron chi connectivity index (χ4n) is 2.67. The first kappa shape index (κ1) is 19.7. The van der Waals surface area contributed by atoms with E-state index in [1.54, 1.807) is 25.1 Å². The summed E-state index contributed by atoms with van der Waals surface area (Å²) in [7, 11) is 0. The summed E-state index contributed by atoms with van der Waals surface area (Å²) in [5.41, 5.74) is 2.05. The third-order valence-corrected chi connectivity index (χ3v) is 4.49. The Morgan fingerprint density at radius 2 is 1.75 bits per heavy atom. The van der Waals surface area contributed by atoms with Crippen LogP contribution in [0.4, 0.5) is 11.4 Å². The number of carbonyl (C=O) groups is 2. The van der Waals surface area contributed by atoms with Gasteiger partial charge in [-0.15, -0.1) is 0 Å². The molecule has 0 saturated carbocycles. The van der Waals surface area contributed by atoms with Gasteiger partial charge in [0.2, 0.25) is 11.8 Å². The minimum absolute atomic E-state index is 0.105. The van der Waals surface area contributed by atoms with Crippen LogP contribution in [-0.2, 0) is 16.0 Å². The minimum Gasteiger partial charge on any atom is -0.461 e. The molecule has 0 aliphatic heterocycles. The molecule has 2 N–H and O–H groups in total. The number of amides is 2. The van der Waals surface area contributed by atoms with Crippen molar-refractivity contribution in [3.8, 4) is 11.3 Å². The van der Waals surface area contributed by atoms with Crippen LogP contribution in [-0.4, -0.2) is 11.8 Å². The molecule has 0 fully saturated rings. The summed E-state index contributed by atoms with van der Waals surface area (Å²) in [6, 6.07) is 18.6. The Hall–Kier alpha value is -3.05. The van der Waals surface area contributed by atoms with E-state index in [4.69, 9.17) is 16.0 Å². The second-order valence-corrected chi connectivity index (χ2v) is 6.68. The number of halogens is 1. The Labute approximate surface area is 168 Å². The highest BCUT2D eigenvalue weighted by Crippen LogP contribution is 2.26. The molecule has 144 valence electrons. The maximum atomic E-state index is 12.3. The summed E-state index contributed by atoms with van der Waals surface area (Å²) in [5.74, 6) is 1.23. The minimum atomic E-state index is -0.182. The van der Waals surface area contributed by atoms with Crippen molar-refractivity contribution in [3.05, 3.63) is 71.4 Å². The van der Waals surface area contributed by atoms with E-state index < -0.39 is 0 Å². The normalized spacial score (nSPS) is 10.5. The maximum Gasteiger partial charge on any atom is 0.224 e. The number of furan rings is 1. The van der Waals surface area contributed by atoms with Crippen LogP contribution in [0.5, 0.6) is 0 Å². The number of carbonyl (C=O) groups excluding carboxylic acids is 2. The molecule has 2 amide bonds. The molecule has 1 aromatic heterocycles. The largest absolute Gasteiger partial charge is 0.461 e. The molecule has 3 rings (SSSR count). The lowest BCUT2D eigenvalue weighted by atomic mass is 10.2. The molecule has 2 aromatic carbocycles. The Balaban J connectivity index is 1.58. The first-order valence-electron chi connectivity index (χ1n) is 9.08.